The summed E-state index contributed by atoms with van der Waals surface area (Å²) in [4.78, 5) is 2.08. The van der Waals surface area contributed by atoms with Gasteiger partial charge in [-0.1, -0.05) is 18.2 Å². The number of nitrogens with two attached hydrogens (primary N) is 2. The monoisotopic (exact) mass is 235 g/mol. The molecule has 0 aliphatic heterocycles. The van der Waals surface area contributed by atoms with Gasteiger partial charge in [-0.05, 0) is 38.4 Å². The first-order chi connectivity index (χ1) is 8.24. The maximum absolute atomic E-state index is 5.68. The first-order valence-corrected chi connectivity index (χ1v) is 5.54. The Morgan fingerprint density at radius 2 is 1.71 bits per heavy atom. The molecule has 0 aromatic rings. The molecule has 0 saturated heterocycles. The largest absolute Gasteiger partial charge is 0.399 e. The Bertz CT molecular complexity index is 265. The average Bonchev–Trinajstić information content (AvgIpc) is 2.32. The van der Waals surface area contributed by atoms with Crippen LogP contribution in [0.2, 0.25) is 0 Å². The normalized spacial score (nSPS) is 11.1. The zero-order valence-corrected chi connectivity index (χ0v) is 11.0. The second-order valence-corrected chi connectivity index (χ2v) is 3.04. The topological polar surface area (TPSA) is 55.3 Å². The predicted molar refractivity (Wildman–Crippen MR) is 78.3 cm³/mol. The lowest BCUT2D eigenvalue weighted by Gasteiger charge is -2.14. The molecule has 0 rings (SSSR count). The standard InChI is InChI=1S/C13H20N2.CH5N/c1-4-8-13(14)9-7-12-15(10-5-2)11-6-3;1-2/h4-9,12H,2-3,10-11,14H2,1H3;2H2,1H3/b8-4-,12-7+,13-9+;. The number of hydrogen-bond donors (Lipinski definition) is 2. The Kier molecular flexibility index (Phi) is 14.8. The van der Waals surface area contributed by atoms with Crippen molar-refractivity contribution in [3.8, 4) is 0 Å². The summed E-state index contributed by atoms with van der Waals surface area (Å²) in [6, 6.07) is 0. The molecule has 0 fully saturated rings. The Morgan fingerprint density at radius 1 is 1.18 bits per heavy atom. The summed E-state index contributed by atoms with van der Waals surface area (Å²) in [5.74, 6) is 0. The maximum Gasteiger partial charge on any atom is 0.0354 e. The molecule has 0 radical (unpaired) electrons. The van der Waals surface area contributed by atoms with Crippen molar-refractivity contribution in [3.05, 3.63) is 61.5 Å². The molecule has 0 aromatic heterocycles. The highest BCUT2D eigenvalue weighted by Crippen LogP contribution is 1.93. The molecule has 0 amide bonds. The number of allylic oxidation sites excluding steroid dienone is 4. The van der Waals surface area contributed by atoms with E-state index in [4.69, 9.17) is 5.73 Å². The van der Waals surface area contributed by atoms with Crippen LogP contribution in [0.25, 0.3) is 0 Å². The summed E-state index contributed by atoms with van der Waals surface area (Å²) < 4.78 is 0. The van der Waals surface area contributed by atoms with E-state index in [9.17, 15) is 0 Å². The number of hydrogen-bond acceptors (Lipinski definition) is 3. The van der Waals surface area contributed by atoms with Crippen molar-refractivity contribution in [1.82, 2.24) is 4.90 Å². The molecule has 0 heterocycles. The average molecular weight is 235 g/mol. The zero-order chi connectivity index (χ0) is 13.5. The van der Waals surface area contributed by atoms with E-state index in [1.807, 2.05) is 49.6 Å². The third kappa shape index (κ3) is 12.2. The third-order valence-electron chi connectivity index (χ3n) is 1.67. The highest BCUT2D eigenvalue weighted by Gasteiger charge is 1.90. The Hall–Kier alpha value is -1.74. The van der Waals surface area contributed by atoms with Crippen molar-refractivity contribution in [2.75, 3.05) is 20.1 Å². The molecule has 3 heteroatoms. The smallest absolute Gasteiger partial charge is 0.0354 e. The Morgan fingerprint density at radius 3 is 2.12 bits per heavy atom. The van der Waals surface area contributed by atoms with Crippen molar-refractivity contribution >= 4 is 0 Å². The van der Waals surface area contributed by atoms with Crippen LogP contribution in [0, 0.1) is 0 Å². The van der Waals surface area contributed by atoms with Gasteiger partial charge in [-0.25, -0.2) is 0 Å². The molecule has 96 valence electrons. The molecule has 0 unspecified atom stereocenters. The minimum atomic E-state index is 0.742. The quantitative estimate of drug-likeness (QED) is 0.525. The summed E-state index contributed by atoms with van der Waals surface area (Å²) in [6.45, 7) is 10.9. The number of rotatable bonds is 7. The molecule has 3 nitrogen and oxygen atoms in total. The fourth-order valence-electron chi connectivity index (χ4n) is 1.05. The van der Waals surface area contributed by atoms with Crippen LogP contribution >= 0.6 is 0 Å². The molecule has 0 aromatic carbocycles. The second-order valence-electron chi connectivity index (χ2n) is 3.04. The fourth-order valence-corrected chi connectivity index (χ4v) is 1.05. The van der Waals surface area contributed by atoms with Gasteiger partial charge in [-0.15, -0.1) is 13.2 Å². The zero-order valence-electron chi connectivity index (χ0n) is 11.0. The SMILES string of the molecule is C=CCN(/C=C/C=C(N)\C=C/C)CC=C.CN. The molecule has 0 bridgehead atoms. The Labute approximate surface area is 105 Å². The van der Waals surface area contributed by atoms with Crippen molar-refractivity contribution in [1.29, 1.82) is 0 Å². The van der Waals surface area contributed by atoms with Crippen molar-refractivity contribution in [3.63, 3.8) is 0 Å². The Balaban J connectivity index is 0. The van der Waals surface area contributed by atoms with Gasteiger partial charge in [0.25, 0.3) is 0 Å². The molecule has 0 atom stereocenters. The van der Waals surface area contributed by atoms with E-state index >= 15 is 0 Å². The highest BCUT2D eigenvalue weighted by atomic mass is 15.1. The van der Waals surface area contributed by atoms with Gasteiger partial charge < -0.3 is 16.4 Å². The minimum Gasteiger partial charge on any atom is -0.399 e. The lowest BCUT2D eigenvalue weighted by Crippen LogP contribution is -2.16. The van der Waals surface area contributed by atoms with Crippen molar-refractivity contribution in [2.24, 2.45) is 11.5 Å². The van der Waals surface area contributed by atoms with Crippen LogP contribution in [-0.2, 0) is 0 Å². The number of nitrogens with zero attached hydrogens (tertiary/aromatic N) is 1. The van der Waals surface area contributed by atoms with Gasteiger partial charge >= 0.3 is 0 Å². The summed E-state index contributed by atoms with van der Waals surface area (Å²) >= 11 is 0. The molecule has 0 aliphatic carbocycles. The third-order valence-corrected chi connectivity index (χ3v) is 1.67. The summed E-state index contributed by atoms with van der Waals surface area (Å²) in [5, 5.41) is 0. The summed E-state index contributed by atoms with van der Waals surface area (Å²) in [5.41, 5.74) is 10.9. The van der Waals surface area contributed by atoms with E-state index < -0.39 is 0 Å². The maximum atomic E-state index is 5.68. The van der Waals surface area contributed by atoms with Crippen LogP contribution in [0.4, 0.5) is 0 Å². The van der Waals surface area contributed by atoms with Gasteiger partial charge in [0.2, 0.25) is 0 Å². The van der Waals surface area contributed by atoms with Crippen LogP contribution < -0.4 is 11.5 Å². The van der Waals surface area contributed by atoms with Crippen molar-refractivity contribution in [2.45, 2.75) is 6.92 Å². The van der Waals surface area contributed by atoms with Crippen LogP contribution in [-0.4, -0.2) is 25.0 Å². The molecule has 0 spiro atoms. The molecular formula is C14H25N3. The minimum absolute atomic E-state index is 0.742. The predicted octanol–water partition coefficient (Wildman–Crippen LogP) is 2.17. The lowest BCUT2D eigenvalue weighted by molar-refractivity contribution is 0.463. The first kappa shape index (κ1) is 17.6. The van der Waals surface area contributed by atoms with E-state index in [1.54, 1.807) is 0 Å². The van der Waals surface area contributed by atoms with E-state index in [0.29, 0.717) is 0 Å². The lowest BCUT2D eigenvalue weighted by atomic mass is 10.3. The van der Waals surface area contributed by atoms with Gasteiger partial charge in [0.05, 0.1) is 0 Å². The van der Waals surface area contributed by atoms with Crippen LogP contribution in [0.5, 0.6) is 0 Å². The van der Waals surface area contributed by atoms with Gasteiger partial charge in [0.1, 0.15) is 0 Å². The van der Waals surface area contributed by atoms with Crippen LogP contribution in [0.15, 0.2) is 61.5 Å². The van der Waals surface area contributed by atoms with Gasteiger partial charge in [0, 0.05) is 18.8 Å². The van der Waals surface area contributed by atoms with E-state index in [1.165, 1.54) is 7.05 Å². The van der Waals surface area contributed by atoms with E-state index in [-0.39, 0.29) is 0 Å². The van der Waals surface area contributed by atoms with Crippen LogP contribution in [0.3, 0.4) is 0 Å². The summed E-state index contributed by atoms with van der Waals surface area (Å²) in [7, 11) is 1.50. The highest BCUT2D eigenvalue weighted by molar-refractivity contribution is 5.20. The van der Waals surface area contributed by atoms with Crippen molar-refractivity contribution < 1.29 is 0 Å². The molecular weight excluding hydrogens is 210 g/mol. The molecule has 0 aliphatic rings. The van der Waals surface area contributed by atoms with Gasteiger partial charge in [-0.3, -0.25) is 0 Å². The van der Waals surface area contributed by atoms with Gasteiger partial charge in [-0.2, -0.15) is 0 Å². The second kappa shape index (κ2) is 14.3. The van der Waals surface area contributed by atoms with E-state index in [0.717, 1.165) is 18.8 Å². The molecule has 4 N–H and O–H groups in total. The van der Waals surface area contributed by atoms with E-state index in [2.05, 4.69) is 23.8 Å². The molecule has 17 heavy (non-hydrogen) atoms. The fraction of sp³-hybridized carbons (Fsp3) is 0.286. The first-order valence-electron chi connectivity index (χ1n) is 5.54. The van der Waals surface area contributed by atoms with Crippen LogP contribution in [0.1, 0.15) is 6.92 Å². The van der Waals surface area contributed by atoms with Gasteiger partial charge in [0.15, 0.2) is 0 Å². The molecule has 0 saturated carbocycles. The summed E-state index contributed by atoms with van der Waals surface area (Å²) in [6.07, 6.45) is 13.2.